The van der Waals surface area contributed by atoms with E-state index >= 15 is 0 Å². The van der Waals surface area contributed by atoms with Crippen molar-refractivity contribution in [3.05, 3.63) is 34.3 Å². The third-order valence-corrected chi connectivity index (χ3v) is 3.59. The monoisotopic (exact) mass is 342 g/mol. The summed E-state index contributed by atoms with van der Waals surface area (Å²) in [5, 5.41) is 11.9. The Labute approximate surface area is 127 Å². The van der Waals surface area contributed by atoms with E-state index in [0.29, 0.717) is 13.1 Å². The van der Waals surface area contributed by atoms with E-state index in [-0.39, 0.29) is 6.03 Å². The summed E-state index contributed by atoms with van der Waals surface area (Å²) in [4.78, 5) is 24.6. The number of urea groups is 1. The lowest BCUT2D eigenvalue weighted by Gasteiger charge is -2.34. The van der Waals surface area contributed by atoms with Crippen LogP contribution in [-0.2, 0) is 11.3 Å². The van der Waals surface area contributed by atoms with Crippen molar-refractivity contribution in [2.45, 2.75) is 32.9 Å². The molecule has 1 aromatic rings. The molecule has 20 heavy (non-hydrogen) atoms. The molecule has 0 atom stereocenters. The second-order valence-corrected chi connectivity index (χ2v) is 5.81. The van der Waals surface area contributed by atoms with Crippen LogP contribution in [0.25, 0.3) is 0 Å². The highest BCUT2D eigenvalue weighted by molar-refractivity contribution is 9.10. The summed E-state index contributed by atoms with van der Waals surface area (Å²) in [6, 6.07) is 7.18. The molecule has 0 unspecified atom stereocenters. The first-order valence-electron chi connectivity index (χ1n) is 6.32. The van der Waals surface area contributed by atoms with Gasteiger partial charge in [-0.3, -0.25) is 0 Å². The summed E-state index contributed by atoms with van der Waals surface area (Å²) in [5.74, 6) is -1.03. The molecule has 2 N–H and O–H groups in total. The molecule has 5 nitrogen and oxygen atoms in total. The van der Waals surface area contributed by atoms with E-state index in [0.717, 1.165) is 10.0 Å². The van der Waals surface area contributed by atoms with Gasteiger partial charge in [0.15, 0.2) is 0 Å². The normalized spacial score (nSPS) is 11.0. The number of hydrogen-bond donors (Lipinski definition) is 2. The van der Waals surface area contributed by atoms with Gasteiger partial charge in [0.2, 0.25) is 0 Å². The molecule has 0 aromatic heterocycles. The lowest BCUT2D eigenvalue weighted by atomic mass is 10.0. The average molecular weight is 343 g/mol. The molecule has 0 aliphatic heterocycles. The van der Waals surface area contributed by atoms with Gasteiger partial charge in [-0.05, 0) is 38.5 Å². The van der Waals surface area contributed by atoms with Gasteiger partial charge in [0.05, 0.1) is 0 Å². The minimum Gasteiger partial charge on any atom is -0.480 e. The number of benzene rings is 1. The smallest absolute Gasteiger partial charge is 0.329 e. The van der Waals surface area contributed by atoms with E-state index in [2.05, 4.69) is 21.2 Å². The van der Waals surface area contributed by atoms with Crippen molar-refractivity contribution in [3.8, 4) is 0 Å². The number of nitrogens with one attached hydrogen (secondary N) is 1. The number of amides is 2. The Kier molecular flexibility index (Phi) is 5.56. The van der Waals surface area contributed by atoms with Gasteiger partial charge in [-0.25, -0.2) is 9.59 Å². The van der Waals surface area contributed by atoms with Gasteiger partial charge in [0, 0.05) is 17.6 Å². The summed E-state index contributed by atoms with van der Waals surface area (Å²) in [7, 11) is 0. The van der Waals surface area contributed by atoms with E-state index in [4.69, 9.17) is 0 Å². The number of halogens is 1. The minimum absolute atomic E-state index is 0.323. The van der Waals surface area contributed by atoms with Gasteiger partial charge in [0.25, 0.3) is 0 Å². The van der Waals surface area contributed by atoms with Crippen molar-refractivity contribution in [1.29, 1.82) is 0 Å². The number of carbonyl (C=O) groups excluding carboxylic acids is 1. The number of hydrogen-bond acceptors (Lipinski definition) is 2. The van der Waals surface area contributed by atoms with Gasteiger partial charge in [0.1, 0.15) is 5.54 Å². The summed E-state index contributed by atoms with van der Waals surface area (Å²) >= 11 is 3.36. The van der Waals surface area contributed by atoms with Crippen LogP contribution in [0, 0.1) is 0 Å². The second-order valence-electron chi connectivity index (χ2n) is 4.90. The third kappa shape index (κ3) is 3.96. The highest BCUT2D eigenvalue weighted by Crippen LogP contribution is 2.15. The third-order valence-electron chi connectivity index (χ3n) is 3.09. The van der Waals surface area contributed by atoms with Gasteiger partial charge < -0.3 is 15.3 Å². The zero-order chi connectivity index (χ0) is 15.3. The summed E-state index contributed by atoms with van der Waals surface area (Å²) < 4.78 is 0.933. The summed E-state index contributed by atoms with van der Waals surface area (Å²) in [6.45, 7) is 5.45. The van der Waals surface area contributed by atoms with Crippen molar-refractivity contribution < 1.29 is 14.7 Å². The molecule has 1 rings (SSSR count). The quantitative estimate of drug-likeness (QED) is 0.864. The van der Waals surface area contributed by atoms with Gasteiger partial charge in [-0.1, -0.05) is 28.1 Å². The average Bonchev–Trinajstić information content (AvgIpc) is 2.36. The molecule has 0 spiro atoms. The lowest BCUT2D eigenvalue weighted by Crippen LogP contribution is -2.55. The molecule has 0 fully saturated rings. The Morgan fingerprint density at radius 3 is 2.55 bits per heavy atom. The van der Waals surface area contributed by atoms with E-state index in [1.54, 1.807) is 6.92 Å². The number of carbonyl (C=O) groups is 2. The maximum absolute atomic E-state index is 12.1. The molecule has 0 radical (unpaired) electrons. The van der Waals surface area contributed by atoms with Crippen molar-refractivity contribution in [3.63, 3.8) is 0 Å². The van der Waals surface area contributed by atoms with Crippen LogP contribution >= 0.6 is 15.9 Å². The van der Waals surface area contributed by atoms with Crippen LogP contribution in [0.1, 0.15) is 26.3 Å². The first-order chi connectivity index (χ1) is 9.28. The van der Waals surface area contributed by atoms with Crippen LogP contribution < -0.4 is 5.32 Å². The SMILES string of the molecule is CCN(C(=O)NCc1cccc(Br)c1)C(C)(C)C(=O)O. The molecule has 110 valence electrons. The van der Waals surface area contributed by atoms with Crippen molar-refractivity contribution in [1.82, 2.24) is 10.2 Å². The number of nitrogens with zero attached hydrogens (tertiary/aromatic N) is 1. The number of carboxylic acids is 1. The molecule has 6 heteroatoms. The fourth-order valence-electron chi connectivity index (χ4n) is 1.83. The lowest BCUT2D eigenvalue weighted by molar-refractivity contribution is -0.147. The molecule has 0 saturated heterocycles. The maximum Gasteiger partial charge on any atom is 0.329 e. The fraction of sp³-hybridized carbons (Fsp3) is 0.429. The van der Waals surface area contributed by atoms with Crippen LogP contribution in [0.2, 0.25) is 0 Å². The molecule has 0 bridgehead atoms. The van der Waals surface area contributed by atoms with Gasteiger partial charge in [-0.2, -0.15) is 0 Å². The van der Waals surface area contributed by atoms with Crippen LogP contribution in [0.5, 0.6) is 0 Å². The Morgan fingerprint density at radius 1 is 1.40 bits per heavy atom. The largest absolute Gasteiger partial charge is 0.480 e. The topological polar surface area (TPSA) is 69.6 Å². The number of likely N-dealkylation sites (N-methyl/N-ethyl adjacent to an activating group) is 1. The van der Waals surface area contributed by atoms with E-state index in [1.165, 1.54) is 18.7 Å². The molecular weight excluding hydrogens is 324 g/mol. The maximum atomic E-state index is 12.1. The Morgan fingerprint density at radius 2 is 2.05 bits per heavy atom. The fourth-order valence-corrected chi connectivity index (χ4v) is 2.27. The van der Waals surface area contributed by atoms with Crippen molar-refractivity contribution in [2.75, 3.05) is 6.54 Å². The number of aliphatic carboxylic acids is 1. The molecular formula is C14H19BrN2O3. The second kappa shape index (κ2) is 6.74. The first kappa shape index (κ1) is 16.5. The number of rotatable bonds is 5. The standard InChI is InChI=1S/C14H19BrN2O3/c1-4-17(14(2,3)12(18)19)13(20)16-9-10-6-5-7-11(15)8-10/h5-8H,4,9H2,1-3H3,(H,16,20)(H,18,19). The molecule has 0 aliphatic carbocycles. The van der Waals surface area contributed by atoms with E-state index in [1.807, 2.05) is 24.3 Å². The summed E-state index contributed by atoms with van der Waals surface area (Å²) in [6.07, 6.45) is 0. The molecule has 0 saturated carbocycles. The Bertz CT molecular complexity index is 503. The molecule has 0 heterocycles. The van der Waals surface area contributed by atoms with Crippen molar-refractivity contribution in [2.24, 2.45) is 0 Å². The highest BCUT2D eigenvalue weighted by atomic mass is 79.9. The van der Waals surface area contributed by atoms with Gasteiger partial charge >= 0.3 is 12.0 Å². The van der Waals surface area contributed by atoms with Crippen LogP contribution in [-0.4, -0.2) is 34.1 Å². The highest BCUT2D eigenvalue weighted by Gasteiger charge is 2.36. The zero-order valence-electron chi connectivity index (χ0n) is 11.8. The predicted octanol–water partition coefficient (Wildman–Crippen LogP) is 2.84. The predicted molar refractivity (Wildman–Crippen MR) is 80.5 cm³/mol. The van der Waals surface area contributed by atoms with Crippen LogP contribution in [0.3, 0.4) is 0 Å². The first-order valence-corrected chi connectivity index (χ1v) is 7.11. The van der Waals surface area contributed by atoms with E-state index in [9.17, 15) is 14.7 Å². The summed E-state index contributed by atoms with van der Waals surface area (Å²) in [5.41, 5.74) is -0.298. The zero-order valence-corrected chi connectivity index (χ0v) is 13.4. The minimum atomic E-state index is -1.24. The molecule has 1 aromatic carbocycles. The Hall–Kier alpha value is -1.56. The van der Waals surface area contributed by atoms with Crippen LogP contribution in [0.4, 0.5) is 4.79 Å². The van der Waals surface area contributed by atoms with E-state index < -0.39 is 11.5 Å². The molecule has 0 aliphatic rings. The Balaban J connectivity index is 2.72. The number of carboxylic acid groups (broad SMARTS) is 1. The van der Waals surface area contributed by atoms with Gasteiger partial charge in [-0.15, -0.1) is 0 Å². The van der Waals surface area contributed by atoms with Crippen LogP contribution in [0.15, 0.2) is 28.7 Å². The molecule has 2 amide bonds. The van der Waals surface area contributed by atoms with Crippen molar-refractivity contribution >= 4 is 27.9 Å².